The first-order valence-electron chi connectivity index (χ1n) is 17.9. The third-order valence-corrected chi connectivity index (χ3v) is 10.1. The second-order valence-corrected chi connectivity index (χ2v) is 15.8. The van der Waals surface area contributed by atoms with Gasteiger partial charge in [0.05, 0.1) is 21.0 Å². The molecule has 0 N–H and O–H groups in total. The molecular weight excluding hydrogens is 778 g/mol. The first kappa shape index (κ1) is 45.7. The van der Waals surface area contributed by atoms with Gasteiger partial charge in [-0.05, 0) is 47.9 Å². The van der Waals surface area contributed by atoms with E-state index in [1.807, 2.05) is 82.3 Å². The van der Waals surface area contributed by atoms with Gasteiger partial charge >= 0.3 is 0 Å². The van der Waals surface area contributed by atoms with Crippen LogP contribution in [0.2, 0.25) is 10.0 Å². The van der Waals surface area contributed by atoms with Crippen LogP contribution in [-0.4, -0.2) is 28.1 Å². The maximum atomic E-state index is 13.2. The zero-order chi connectivity index (χ0) is 41.9. The monoisotopic (exact) mass is 821 g/mol. The summed E-state index contributed by atoms with van der Waals surface area (Å²) >= 11 is 13.2. The van der Waals surface area contributed by atoms with E-state index in [4.69, 9.17) is 23.2 Å². The SMILES string of the molecule is CC(C)C(=O)c1cc2ccccc2cn1.CC(C)C(=O)c1ccc(Cl)cc1F.CC(C)C(=O)c1ccc(F)cc1F.CC(C)C(=O)c1sc2ccccc2c1Cl. The Morgan fingerprint density at radius 3 is 1.59 bits per heavy atom. The summed E-state index contributed by atoms with van der Waals surface area (Å²) in [6, 6.07) is 24.7. The predicted octanol–water partition coefficient (Wildman–Crippen LogP) is 13.6. The molecule has 0 aliphatic rings. The standard InChI is InChI=1S/C13H13NO.C12H11ClOS.C10H10ClFO.C10H10F2O/c1-9(2)13(15)12-7-10-5-3-4-6-11(10)8-14-12;1-7(2)11(14)12-10(13)8-5-3-4-6-9(8)15-12;2*1-6(2)10(13)8-4-3-7(11)5-9(8)12/h3-9H,1-2H3;3-7H,1-2H3;2*3-6H,1-2H3. The Hall–Kier alpha value is -4.70. The Morgan fingerprint density at radius 2 is 1.07 bits per heavy atom. The van der Waals surface area contributed by atoms with Gasteiger partial charge < -0.3 is 0 Å². The Labute approximate surface area is 339 Å². The molecule has 294 valence electrons. The number of Topliss-reactive ketones (excluding diaryl/α,β-unsaturated/α-hetero) is 4. The fourth-order valence-electron chi connectivity index (χ4n) is 4.95. The Kier molecular flexibility index (Phi) is 17.1. The van der Waals surface area contributed by atoms with Crippen LogP contribution >= 0.6 is 34.5 Å². The van der Waals surface area contributed by atoms with Crippen LogP contribution in [0, 0.1) is 41.1 Å². The van der Waals surface area contributed by atoms with Gasteiger partial charge in [-0.2, -0.15) is 0 Å². The smallest absolute Gasteiger partial charge is 0.183 e. The second kappa shape index (κ2) is 21.0. The number of aromatic nitrogens is 1. The summed E-state index contributed by atoms with van der Waals surface area (Å²) < 4.78 is 39.7. The summed E-state index contributed by atoms with van der Waals surface area (Å²) in [5.41, 5.74) is 0.625. The van der Waals surface area contributed by atoms with Crippen LogP contribution in [-0.2, 0) is 0 Å². The number of fused-ring (bicyclic) bond motifs is 2. The number of pyridine rings is 1. The number of rotatable bonds is 8. The summed E-state index contributed by atoms with van der Waals surface area (Å²) in [6.07, 6.45) is 1.75. The molecule has 0 radical (unpaired) electrons. The molecule has 56 heavy (non-hydrogen) atoms. The third kappa shape index (κ3) is 12.4. The van der Waals surface area contributed by atoms with Crippen molar-refractivity contribution >= 4 is 78.5 Å². The van der Waals surface area contributed by atoms with Crippen LogP contribution in [0.15, 0.2) is 97.2 Å². The lowest BCUT2D eigenvalue weighted by Gasteiger charge is -2.04. The fourth-order valence-corrected chi connectivity index (χ4v) is 6.72. The van der Waals surface area contributed by atoms with E-state index in [9.17, 15) is 32.3 Å². The van der Waals surface area contributed by atoms with E-state index in [1.54, 1.807) is 33.9 Å². The quantitative estimate of drug-likeness (QED) is 0.143. The molecular formula is C45H44Cl2F3NO4S. The van der Waals surface area contributed by atoms with E-state index in [2.05, 4.69) is 4.98 Å². The molecule has 5 nitrogen and oxygen atoms in total. The van der Waals surface area contributed by atoms with Crippen molar-refractivity contribution in [1.29, 1.82) is 0 Å². The van der Waals surface area contributed by atoms with E-state index in [1.165, 1.54) is 29.5 Å². The van der Waals surface area contributed by atoms with Crippen molar-refractivity contribution in [3.63, 3.8) is 0 Å². The molecule has 4 aromatic carbocycles. The van der Waals surface area contributed by atoms with Crippen LogP contribution in [0.1, 0.15) is 96.3 Å². The van der Waals surface area contributed by atoms with Crippen molar-refractivity contribution in [2.75, 3.05) is 0 Å². The largest absolute Gasteiger partial charge is 0.294 e. The van der Waals surface area contributed by atoms with Gasteiger partial charge in [-0.3, -0.25) is 24.2 Å². The zero-order valence-electron chi connectivity index (χ0n) is 32.4. The van der Waals surface area contributed by atoms with Gasteiger partial charge in [0.2, 0.25) is 0 Å². The molecule has 6 rings (SSSR count). The van der Waals surface area contributed by atoms with Crippen molar-refractivity contribution in [2.45, 2.75) is 55.4 Å². The molecule has 6 aromatic rings. The lowest BCUT2D eigenvalue weighted by Crippen LogP contribution is -2.09. The molecule has 11 heteroatoms. The molecule has 0 saturated heterocycles. The van der Waals surface area contributed by atoms with Crippen LogP contribution in [0.5, 0.6) is 0 Å². The van der Waals surface area contributed by atoms with Gasteiger partial charge in [-0.25, -0.2) is 13.2 Å². The number of carbonyl (C=O) groups excluding carboxylic acids is 4. The summed E-state index contributed by atoms with van der Waals surface area (Å²) in [5, 5.41) is 4.02. The van der Waals surface area contributed by atoms with Gasteiger partial charge in [0, 0.05) is 56.4 Å². The average Bonchev–Trinajstić information content (AvgIpc) is 3.50. The number of thiophene rings is 1. The third-order valence-electron chi connectivity index (χ3n) is 8.13. The topological polar surface area (TPSA) is 81.2 Å². The summed E-state index contributed by atoms with van der Waals surface area (Å²) in [7, 11) is 0. The highest BCUT2D eigenvalue weighted by atomic mass is 35.5. The number of halogens is 5. The van der Waals surface area contributed by atoms with Crippen molar-refractivity contribution in [3.8, 4) is 0 Å². The molecule has 2 aromatic heterocycles. The Balaban J connectivity index is 0.000000201. The number of carbonyl (C=O) groups is 4. The van der Waals surface area contributed by atoms with Crippen LogP contribution < -0.4 is 0 Å². The number of hydrogen-bond acceptors (Lipinski definition) is 6. The van der Waals surface area contributed by atoms with Gasteiger partial charge in [-0.15, -0.1) is 11.3 Å². The van der Waals surface area contributed by atoms with Crippen LogP contribution in [0.4, 0.5) is 13.2 Å². The van der Waals surface area contributed by atoms with Crippen molar-refractivity contribution in [3.05, 3.63) is 146 Å². The van der Waals surface area contributed by atoms with Gasteiger partial charge in [0.15, 0.2) is 23.1 Å². The normalized spacial score (nSPS) is 10.8. The minimum absolute atomic E-state index is 0.00124. The maximum Gasteiger partial charge on any atom is 0.183 e. The first-order valence-corrected chi connectivity index (χ1v) is 19.5. The predicted molar refractivity (Wildman–Crippen MR) is 223 cm³/mol. The van der Waals surface area contributed by atoms with E-state index in [0.717, 1.165) is 39.1 Å². The molecule has 0 amide bonds. The molecule has 0 spiro atoms. The van der Waals surface area contributed by atoms with Crippen LogP contribution in [0.3, 0.4) is 0 Å². The molecule has 0 unspecified atom stereocenters. The highest BCUT2D eigenvalue weighted by Gasteiger charge is 2.19. The number of nitrogens with zero attached hydrogens (tertiary/aromatic N) is 1. The number of hydrogen-bond donors (Lipinski definition) is 0. The minimum atomic E-state index is -0.793. The van der Waals surface area contributed by atoms with E-state index in [0.29, 0.717) is 20.6 Å². The van der Waals surface area contributed by atoms with Gasteiger partial charge in [0.1, 0.15) is 23.1 Å². The van der Waals surface area contributed by atoms with Crippen molar-refractivity contribution < 1.29 is 32.3 Å². The van der Waals surface area contributed by atoms with Gasteiger partial charge in [-0.1, -0.05) is 121 Å². The maximum absolute atomic E-state index is 13.2. The summed E-state index contributed by atoms with van der Waals surface area (Å²) in [5.74, 6) is -2.78. The molecule has 0 aliphatic heterocycles. The van der Waals surface area contributed by atoms with Crippen molar-refractivity contribution in [2.24, 2.45) is 23.7 Å². The average molecular weight is 823 g/mol. The molecule has 0 fully saturated rings. The highest BCUT2D eigenvalue weighted by Crippen LogP contribution is 2.36. The Morgan fingerprint density at radius 1 is 0.571 bits per heavy atom. The minimum Gasteiger partial charge on any atom is -0.294 e. The Bertz CT molecular complexity index is 2270. The van der Waals surface area contributed by atoms with E-state index in [-0.39, 0.29) is 57.9 Å². The van der Waals surface area contributed by atoms with Crippen LogP contribution in [0.25, 0.3) is 20.9 Å². The highest BCUT2D eigenvalue weighted by molar-refractivity contribution is 7.21. The fraction of sp³-hybridized carbons (Fsp3) is 0.267. The zero-order valence-corrected chi connectivity index (χ0v) is 34.8. The molecule has 0 atom stereocenters. The molecule has 0 saturated carbocycles. The molecule has 0 aliphatic carbocycles. The number of benzene rings is 4. The van der Waals surface area contributed by atoms with E-state index >= 15 is 0 Å². The second-order valence-electron chi connectivity index (χ2n) is 14.0. The molecule has 2 heterocycles. The lowest BCUT2D eigenvalue weighted by atomic mass is 10.0. The molecule has 0 bridgehead atoms. The summed E-state index contributed by atoms with van der Waals surface area (Å²) in [6.45, 7) is 14.4. The number of ketones is 4. The van der Waals surface area contributed by atoms with E-state index < -0.39 is 17.5 Å². The summed E-state index contributed by atoms with van der Waals surface area (Å²) in [4.78, 5) is 51.2. The van der Waals surface area contributed by atoms with Crippen molar-refractivity contribution in [1.82, 2.24) is 4.98 Å². The first-order chi connectivity index (χ1) is 26.3. The van der Waals surface area contributed by atoms with Gasteiger partial charge in [0.25, 0.3) is 0 Å². The lowest BCUT2D eigenvalue weighted by molar-refractivity contribution is 0.0927.